The lowest BCUT2D eigenvalue weighted by Crippen LogP contribution is -2.51. The van der Waals surface area contributed by atoms with E-state index in [4.69, 9.17) is 0 Å². The van der Waals surface area contributed by atoms with Crippen LogP contribution in [0.1, 0.15) is 73.2 Å². The zero-order valence-electron chi connectivity index (χ0n) is 14.0. The molecule has 2 saturated carbocycles. The van der Waals surface area contributed by atoms with Crippen LogP contribution in [0.2, 0.25) is 0 Å². The zero-order chi connectivity index (χ0) is 15.6. The molecule has 124 valence electrons. The molecule has 23 heavy (non-hydrogen) atoms. The van der Waals surface area contributed by atoms with Gasteiger partial charge in [0.2, 0.25) is 0 Å². The third-order valence-corrected chi connectivity index (χ3v) is 6.12. The second-order valence-electron chi connectivity index (χ2n) is 7.51. The number of nitrogens with one attached hydrogen (secondary N) is 1. The number of amides is 1. The molecular formula is C20H28N2O. The summed E-state index contributed by atoms with van der Waals surface area (Å²) in [6, 6.07) is 9.29. The fourth-order valence-electron chi connectivity index (χ4n) is 4.60. The summed E-state index contributed by atoms with van der Waals surface area (Å²) in [5, 5.41) is 3.44. The first-order chi connectivity index (χ1) is 11.3. The molecule has 1 saturated heterocycles. The van der Waals surface area contributed by atoms with E-state index in [0.29, 0.717) is 23.9 Å². The van der Waals surface area contributed by atoms with Gasteiger partial charge in [-0.2, -0.15) is 0 Å². The fourth-order valence-corrected chi connectivity index (χ4v) is 4.60. The molecule has 2 aliphatic carbocycles. The molecule has 1 unspecified atom stereocenters. The third kappa shape index (κ3) is 2.91. The van der Waals surface area contributed by atoms with Gasteiger partial charge in [-0.3, -0.25) is 4.79 Å². The van der Waals surface area contributed by atoms with E-state index >= 15 is 0 Å². The summed E-state index contributed by atoms with van der Waals surface area (Å²) in [7, 11) is 0. The Morgan fingerprint density at radius 1 is 0.957 bits per heavy atom. The van der Waals surface area contributed by atoms with E-state index in [1.54, 1.807) is 0 Å². The lowest BCUT2D eigenvalue weighted by atomic mass is 9.87. The average molecular weight is 312 g/mol. The smallest absolute Gasteiger partial charge is 0.254 e. The molecule has 1 amide bonds. The van der Waals surface area contributed by atoms with Crippen LogP contribution in [0.15, 0.2) is 24.3 Å². The van der Waals surface area contributed by atoms with Crippen LogP contribution < -0.4 is 5.32 Å². The molecule has 1 aromatic rings. The van der Waals surface area contributed by atoms with E-state index in [2.05, 4.69) is 28.4 Å². The summed E-state index contributed by atoms with van der Waals surface area (Å²) in [6.07, 6.45) is 9.88. The lowest BCUT2D eigenvalue weighted by molar-refractivity contribution is 0.0464. The van der Waals surface area contributed by atoms with E-state index in [0.717, 1.165) is 25.1 Å². The highest BCUT2D eigenvalue weighted by atomic mass is 16.2. The standard InChI is InChI=1S/C20H28N2O/c23-20(22(16-8-5-9-16)17-12-13-21-14-17)19-11-4-3-10-18(19)15-6-1-2-7-15/h3-4,10-11,15-17,21H,1-2,5-9,12-14H2. The maximum Gasteiger partial charge on any atom is 0.254 e. The molecule has 3 heteroatoms. The normalized spacial score (nSPS) is 25.5. The van der Waals surface area contributed by atoms with Crippen LogP contribution in [-0.2, 0) is 0 Å². The van der Waals surface area contributed by atoms with Crippen LogP contribution in [0.5, 0.6) is 0 Å². The molecule has 0 bridgehead atoms. The van der Waals surface area contributed by atoms with Crippen molar-refractivity contribution in [1.82, 2.24) is 10.2 Å². The maximum atomic E-state index is 13.4. The van der Waals surface area contributed by atoms with Gasteiger partial charge >= 0.3 is 0 Å². The van der Waals surface area contributed by atoms with Crippen LogP contribution in [0, 0.1) is 0 Å². The van der Waals surface area contributed by atoms with Crippen LogP contribution in [-0.4, -0.2) is 36.0 Å². The highest BCUT2D eigenvalue weighted by Gasteiger charge is 2.37. The molecular weight excluding hydrogens is 284 g/mol. The van der Waals surface area contributed by atoms with Gasteiger partial charge in [0.05, 0.1) is 0 Å². The quantitative estimate of drug-likeness (QED) is 0.919. The minimum absolute atomic E-state index is 0.297. The van der Waals surface area contributed by atoms with Crippen molar-refractivity contribution < 1.29 is 4.79 Å². The highest BCUT2D eigenvalue weighted by molar-refractivity contribution is 5.96. The predicted octanol–water partition coefficient (Wildman–Crippen LogP) is 3.70. The van der Waals surface area contributed by atoms with Gasteiger partial charge in [0.15, 0.2) is 0 Å². The molecule has 1 aromatic carbocycles. The molecule has 1 N–H and O–H groups in total. The SMILES string of the molecule is O=C(c1ccccc1C1CCCC1)N(C1CCC1)C1CCNC1. The van der Waals surface area contributed by atoms with Gasteiger partial charge in [-0.1, -0.05) is 31.0 Å². The monoisotopic (exact) mass is 312 g/mol. The lowest BCUT2D eigenvalue weighted by Gasteiger charge is -2.41. The van der Waals surface area contributed by atoms with Crippen molar-refractivity contribution in [1.29, 1.82) is 0 Å². The number of benzene rings is 1. The third-order valence-electron chi connectivity index (χ3n) is 6.12. The van der Waals surface area contributed by atoms with Gasteiger partial charge in [-0.15, -0.1) is 0 Å². The number of nitrogens with zero attached hydrogens (tertiary/aromatic N) is 1. The van der Waals surface area contributed by atoms with Crippen molar-refractivity contribution >= 4 is 5.91 Å². The molecule has 1 atom stereocenters. The second kappa shape index (κ2) is 6.64. The average Bonchev–Trinajstić information content (AvgIpc) is 3.23. The highest BCUT2D eigenvalue weighted by Crippen LogP contribution is 2.37. The van der Waals surface area contributed by atoms with Crippen LogP contribution in [0.3, 0.4) is 0 Å². The van der Waals surface area contributed by atoms with Gasteiger partial charge < -0.3 is 10.2 Å². The van der Waals surface area contributed by atoms with E-state index in [-0.39, 0.29) is 0 Å². The van der Waals surface area contributed by atoms with Crippen LogP contribution in [0.25, 0.3) is 0 Å². The summed E-state index contributed by atoms with van der Waals surface area (Å²) in [5.41, 5.74) is 2.29. The largest absolute Gasteiger partial charge is 0.331 e. The molecule has 0 spiro atoms. The summed E-state index contributed by atoms with van der Waals surface area (Å²) in [4.78, 5) is 15.7. The molecule has 4 rings (SSSR count). The van der Waals surface area contributed by atoms with Crippen molar-refractivity contribution in [3.05, 3.63) is 35.4 Å². The van der Waals surface area contributed by atoms with Crippen molar-refractivity contribution in [2.75, 3.05) is 13.1 Å². The number of carbonyl (C=O) groups is 1. The molecule has 1 aliphatic heterocycles. The number of carbonyl (C=O) groups excluding carboxylic acids is 1. The van der Waals surface area contributed by atoms with Crippen LogP contribution >= 0.6 is 0 Å². The van der Waals surface area contributed by atoms with E-state index < -0.39 is 0 Å². The molecule has 3 nitrogen and oxygen atoms in total. The molecule has 1 heterocycles. The minimum Gasteiger partial charge on any atom is -0.331 e. The van der Waals surface area contributed by atoms with E-state index in [9.17, 15) is 4.79 Å². The van der Waals surface area contributed by atoms with E-state index in [1.807, 2.05) is 6.07 Å². The fraction of sp³-hybridized carbons (Fsp3) is 0.650. The summed E-state index contributed by atoms with van der Waals surface area (Å²) < 4.78 is 0. The van der Waals surface area contributed by atoms with Gasteiger partial charge in [0.25, 0.3) is 5.91 Å². The molecule has 0 aromatic heterocycles. The Labute approximate surface area is 139 Å². The zero-order valence-corrected chi connectivity index (χ0v) is 14.0. The first-order valence-corrected chi connectivity index (χ1v) is 9.47. The Kier molecular flexibility index (Phi) is 4.39. The minimum atomic E-state index is 0.297. The Morgan fingerprint density at radius 3 is 2.39 bits per heavy atom. The van der Waals surface area contributed by atoms with Gasteiger partial charge in [-0.05, 0) is 62.6 Å². The van der Waals surface area contributed by atoms with Crippen molar-refractivity contribution in [2.24, 2.45) is 0 Å². The maximum absolute atomic E-state index is 13.4. The second-order valence-corrected chi connectivity index (χ2v) is 7.51. The van der Waals surface area contributed by atoms with Crippen molar-refractivity contribution in [2.45, 2.75) is 69.4 Å². The van der Waals surface area contributed by atoms with Crippen molar-refractivity contribution in [3.8, 4) is 0 Å². The Hall–Kier alpha value is -1.35. The molecule has 0 radical (unpaired) electrons. The summed E-state index contributed by atoms with van der Waals surface area (Å²) >= 11 is 0. The van der Waals surface area contributed by atoms with E-state index in [1.165, 1.54) is 50.5 Å². The topological polar surface area (TPSA) is 32.3 Å². The molecule has 3 aliphatic rings. The summed E-state index contributed by atoms with van der Waals surface area (Å²) in [6.45, 7) is 2.01. The van der Waals surface area contributed by atoms with Gasteiger partial charge in [0, 0.05) is 24.2 Å². The van der Waals surface area contributed by atoms with Crippen molar-refractivity contribution in [3.63, 3.8) is 0 Å². The van der Waals surface area contributed by atoms with Crippen LogP contribution in [0.4, 0.5) is 0 Å². The Morgan fingerprint density at radius 2 is 1.74 bits per heavy atom. The first-order valence-electron chi connectivity index (χ1n) is 9.47. The number of hydrogen-bond acceptors (Lipinski definition) is 2. The first kappa shape index (κ1) is 15.2. The number of hydrogen-bond donors (Lipinski definition) is 1. The van der Waals surface area contributed by atoms with Gasteiger partial charge in [0.1, 0.15) is 0 Å². The number of rotatable bonds is 4. The Balaban J connectivity index is 1.63. The Bertz CT molecular complexity index is 555. The van der Waals surface area contributed by atoms with Gasteiger partial charge in [-0.25, -0.2) is 0 Å². The molecule has 3 fully saturated rings. The summed E-state index contributed by atoms with van der Waals surface area (Å²) in [5.74, 6) is 0.894. The predicted molar refractivity (Wildman–Crippen MR) is 92.7 cm³/mol.